The molecule has 1 aromatic carbocycles. The number of nitrogen functional groups attached to an aromatic ring is 1. The van der Waals surface area contributed by atoms with Crippen LogP contribution in [0.3, 0.4) is 0 Å². The molecule has 0 spiro atoms. The van der Waals surface area contributed by atoms with Crippen molar-refractivity contribution in [2.45, 2.75) is 6.18 Å². The van der Waals surface area contributed by atoms with Crippen LogP contribution in [0.25, 0.3) is 0 Å². The summed E-state index contributed by atoms with van der Waals surface area (Å²) in [7, 11) is 0. The summed E-state index contributed by atoms with van der Waals surface area (Å²) in [6.07, 6.45) is -4.52. The molecule has 0 saturated carbocycles. The van der Waals surface area contributed by atoms with Crippen LogP contribution in [-0.2, 0) is 6.18 Å². The Balaban J connectivity index is 3.29. The van der Waals surface area contributed by atoms with Crippen molar-refractivity contribution in [2.75, 3.05) is 5.43 Å². The molecule has 0 saturated heterocycles. The molecule has 0 bridgehead atoms. The molecule has 0 fully saturated rings. The van der Waals surface area contributed by atoms with Gasteiger partial charge in [0.15, 0.2) is 0 Å². The van der Waals surface area contributed by atoms with Gasteiger partial charge in [-0.05, 0) is 12.1 Å². The second-order valence-electron chi connectivity index (χ2n) is 2.45. The molecule has 3 N–H and O–H groups in total. The molecule has 7 heteroatoms. The van der Waals surface area contributed by atoms with Crippen molar-refractivity contribution >= 4 is 28.9 Å². The van der Waals surface area contributed by atoms with E-state index in [0.717, 1.165) is 12.1 Å². The highest BCUT2D eigenvalue weighted by Crippen LogP contribution is 2.38. The van der Waals surface area contributed by atoms with Crippen LogP contribution < -0.4 is 11.3 Å². The first-order valence-corrected chi connectivity index (χ1v) is 4.14. The lowest BCUT2D eigenvalue weighted by atomic mass is 10.2. The van der Waals surface area contributed by atoms with Gasteiger partial charge in [0.05, 0.1) is 21.3 Å². The second-order valence-corrected chi connectivity index (χ2v) is 3.27. The largest absolute Gasteiger partial charge is 0.417 e. The molecule has 0 aliphatic rings. The molecule has 78 valence electrons. The van der Waals surface area contributed by atoms with Crippen LogP contribution in [0, 0.1) is 0 Å². The molecule has 0 aromatic heterocycles. The van der Waals surface area contributed by atoms with E-state index in [1.807, 2.05) is 0 Å². The Kier molecular flexibility index (Phi) is 3.14. The maximum absolute atomic E-state index is 12.3. The van der Waals surface area contributed by atoms with Crippen molar-refractivity contribution < 1.29 is 13.2 Å². The first-order chi connectivity index (χ1) is 6.36. The number of nitrogens with two attached hydrogens (primary N) is 1. The zero-order valence-electron chi connectivity index (χ0n) is 6.62. The van der Waals surface area contributed by atoms with Crippen molar-refractivity contribution in [1.29, 1.82) is 0 Å². The molecule has 0 aliphatic carbocycles. The lowest BCUT2D eigenvalue weighted by Gasteiger charge is -2.11. The predicted molar refractivity (Wildman–Crippen MR) is 49.3 cm³/mol. The third kappa shape index (κ3) is 2.23. The zero-order valence-corrected chi connectivity index (χ0v) is 8.13. The third-order valence-corrected chi connectivity index (χ3v) is 2.14. The number of alkyl halides is 3. The van der Waals surface area contributed by atoms with E-state index >= 15 is 0 Å². The van der Waals surface area contributed by atoms with Gasteiger partial charge in [0.2, 0.25) is 0 Å². The van der Waals surface area contributed by atoms with Crippen LogP contribution in [0.15, 0.2) is 12.1 Å². The maximum Gasteiger partial charge on any atom is 0.417 e. The molecule has 14 heavy (non-hydrogen) atoms. The summed E-state index contributed by atoms with van der Waals surface area (Å²) in [4.78, 5) is 0. The van der Waals surface area contributed by atoms with Crippen molar-refractivity contribution in [3.8, 4) is 0 Å². The SMILES string of the molecule is NNc1cc(Cl)c(C(F)(F)F)cc1Cl. The minimum Gasteiger partial charge on any atom is -0.323 e. The lowest BCUT2D eigenvalue weighted by Crippen LogP contribution is -2.10. The highest BCUT2D eigenvalue weighted by atomic mass is 35.5. The van der Waals surface area contributed by atoms with Gasteiger partial charge in [0, 0.05) is 0 Å². The van der Waals surface area contributed by atoms with E-state index in [0.29, 0.717) is 0 Å². The average molecular weight is 245 g/mol. The molecule has 1 aromatic rings. The van der Waals surface area contributed by atoms with E-state index < -0.39 is 16.8 Å². The van der Waals surface area contributed by atoms with E-state index in [-0.39, 0.29) is 10.7 Å². The van der Waals surface area contributed by atoms with Crippen LogP contribution >= 0.6 is 23.2 Å². The second kappa shape index (κ2) is 3.84. The molecule has 2 nitrogen and oxygen atoms in total. The average Bonchev–Trinajstić information content (AvgIpc) is 2.06. The van der Waals surface area contributed by atoms with Crippen LogP contribution in [0.5, 0.6) is 0 Å². The molecule has 0 amide bonds. The molecular formula is C7H5Cl2F3N2. The Morgan fingerprint density at radius 1 is 1.14 bits per heavy atom. The summed E-state index contributed by atoms with van der Waals surface area (Å²) < 4.78 is 36.8. The number of rotatable bonds is 1. The summed E-state index contributed by atoms with van der Waals surface area (Å²) in [5.74, 6) is 5.00. The van der Waals surface area contributed by atoms with Crippen molar-refractivity contribution in [3.05, 3.63) is 27.7 Å². The quantitative estimate of drug-likeness (QED) is 0.588. The summed E-state index contributed by atoms with van der Waals surface area (Å²) in [5.41, 5.74) is 1.29. The fourth-order valence-electron chi connectivity index (χ4n) is 0.875. The van der Waals surface area contributed by atoms with Crippen molar-refractivity contribution in [2.24, 2.45) is 5.84 Å². The molecule has 0 atom stereocenters. The predicted octanol–water partition coefficient (Wildman–Crippen LogP) is 3.30. The first kappa shape index (κ1) is 11.4. The van der Waals surface area contributed by atoms with Gasteiger partial charge in [-0.25, -0.2) is 0 Å². The minimum absolute atomic E-state index is 0.135. The molecule has 1 rings (SSSR count). The van der Waals surface area contributed by atoms with Gasteiger partial charge in [-0.3, -0.25) is 5.84 Å². The monoisotopic (exact) mass is 244 g/mol. The first-order valence-electron chi connectivity index (χ1n) is 3.39. The number of benzene rings is 1. The number of hydrogen-bond acceptors (Lipinski definition) is 2. The van der Waals surface area contributed by atoms with Crippen molar-refractivity contribution in [3.63, 3.8) is 0 Å². The standard InChI is InChI=1S/C7H5Cl2F3N2/c8-4-2-6(14-13)5(9)1-3(4)7(10,11)12/h1-2,14H,13H2. The Morgan fingerprint density at radius 3 is 2.14 bits per heavy atom. The Bertz CT molecular complexity index is 352. The van der Waals surface area contributed by atoms with E-state index in [1.54, 1.807) is 0 Å². The Morgan fingerprint density at radius 2 is 1.71 bits per heavy atom. The van der Waals surface area contributed by atoms with E-state index in [1.165, 1.54) is 0 Å². The van der Waals surface area contributed by atoms with Gasteiger partial charge in [0.25, 0.3) is 0 Å². The summed E-state index contributed by atoms with van der Waals surface area (Å²) in [5, 5.41) is -0.584. The molecule has 0 aliphatic heterocycles. The van der Waals surface area contributed by atoms with Crippen LogP contribution in [-0.4, -0.2) is 0 Å². The highest BCUT2D eigenvalue weighted by molar-refractivity contribution is 6.35. The van der Waals surface area contributed by atoms with Gasteiger partial charge in [-0.1, -0.05) is 23.2 Å². The summed E-state index contributed by atoms with van der Waals surface area (Å²) >= 11 is 10.9. The number of anilines is 1. The minimum atomic E-state index is -4.52. The Labute approximate surface area is 87.8 Å². The van der Waals surface area contributed by atoms with Crippen LogP contribution in [0.1, 0.15) is 5.56 Å². The topological polar surface area (TPSA) is 38.0 Å². The van der Waals surface area contributed by atoms with Crippen LogP contribution in [0.4, 0.5) is 18.9 Å². The van der Waals surface area contributed by atoms with Gasteiger partial charge < -0.3 is 5.43 Å². The fraction of sp³-hybridized carbons (Fsp3) is 0.143. The lowest BCUT2D eigenvalue weighted by molar-refractivity contribution is -0.137. The number of nitrogens with one attached hydrogen (secondary N) is 1. The Hall–Kier alpha value is -0.650. The van der Waals surface area contributed by atoms with Crippen LogP contribution in [0.2, 0.25) is 10.0 Å². The normalized spacial score (nSPS) is 11.6. The fourth-order valence-corrected chi connectivity index (χ4v) is 1.36. The highest BCUT2D eigenvalue weighted by Gasteiger charge is 2.33. The maximum atomic E-state index is 12.3. The van der Waals surface area contributed by atoms with Gasteiger partial charge in [-0.15, -0.1) is 0 Å². The zero-order chi connectivity index (χ0) is 10.9. The molecule has 0 heterocycles. The molecular weight excluding hydrogens is 240 g/mol. The van der Waals surface area contributed by atoms with Crippen molar-refractivity contribution in [1.82, 2.24) is 0 Å². The summed E-state index contributed by atoms with van der Waals surface area (Å²) in [6.45, 7) is 0. The van der Waals surface area contributed by atoms with E-state index in [9.17, 15) is 13.2 Å². The summed E-state index contributed by atoms with van der Waals surface area (Å²) in [6, 6.07) is 1.74. The third-order valence-electron chi connectivity index (χ3n) is 1.52. The van der Waals surface area contributed by atoms with Gasteiger partial charge in [-0.2, -0.15) is 13.2 Å². The molecule has 0 radical (unpaired) electrons. The van der Waals surface area contributed by atoms with Gasteiger partial charge in [0.1, 0.15) is 0 Å². The number of halogens is 5. The number of hydrogen-bond donors (Lipinski definition) is 2. The van der Waals surface area contributed by atoms with Gasteiger partial charge >= 0.3 is 6.18 Å². The van der Waals surface area contributed by atoms with E-state index in [2.05, 4.69) is 5.43 Å². The number of hydrazine groups is 1. The van der Waals surface area contributed by atoms with E-state index in [4.69, 9.17) is 29.0 Å². The molecule has 0 unspecified atom stereocenters. The smallest absolute Gasteiger partial charge is 0.323 e.